The van der Waals surface area contributed by atoms with Gasteiger partial charge in [-0.15, -0.1) is 0 Å². The van der Waals surface area contributed by atoms with E-state index in [-0.39, 0.29) is 6.42 Å². The molecule has 0 aromatic carbocycles. The second kappa shape index (κ2) is 5.80. The summed E-state index contributed by atoms with van der Waals surface area (Å²) in [5.74, 6) is -0.940. The van der Waals surface area contributed by atoms with Gasteiger partial charge < -0.3 is 20.4 Å². The number of rotatable bonds is 5. The van der Waals surface area contributed by atoms with E-state index in [1.807, 2.05) is 0 Å². The van der Waals surface area contributed by atoms with Crippen molar-refractivity contribution in [2.75, 3.05) is 19.6 Å². The molecule has 2 heterocycles. The van der Waals surface area contributed by atoms with Crippen LogP contribution >= 0.6 is 0 Å². The number of aliphatic carboxylic acids is 1. The molecule has 17 heavy (non-hydrogen) atoms. The highest BCUT2D eigenvalue weighted by Gasteiger charge is 2.31. The van der Waals surface area contributed by atoms with E-state index in [2.05, 4.69) is 10.2 Å². The van der Waals surface area contributed by atoms with Crippen LogP contribution in [0.2, 0.25) is 0 Å². The predicted octanol–water partition coefficient (Wildman–Crippen LogP) is 0.0384. The first-order valence-corrected chi connectivity index (χ1v) is 6.52. The largest absolute Gasteiger partial charge is 0.481 e. The fourth-order valence-corrected chi connectivity index (χ4v) is 2.99. The summed E-state index contributed by atoms with van der Waals surface area (Å²) in [6, 6.07) is 1.15. The van der Waals surface area contributed by atoms with Crippen molar-refractivity contribution < 1.29 is 15.0 Å². The van der Waals surface area contributed by atoms with Crippen LogP contribution in [0.3, 0.4) is 0 Å². The Kier molecular flexibility index (Phi) is 4.36. The summed E-state index contributed by atoms with van der Waals surface area (Å²) in [5, 5.41) is 21.3. The molecule has 2 saturated heterocycles. The maximum absolute atomic E-state index is 10.4. The minimum absolute atomic E-state index is 0.171. The Labute approximate surface area is 102 Å². The van der Waals surface area contributed by atoms with Crippen molar-refractivity contribution in [3.8, 4) is 0 Å². The molecule has 3 N–H and O–H groups in total. The summed E-state index contributed by atoms with van der Waals surface area (Å²) in [5.41, 5.74) is 0. The Balaban J connectivity index is 1.68. The van der Waals surface area contributed by atoms with E-state index in [1.165, 1.54) is 19.4 Å². The van der Waals surface area contributed by atoms with Gasteiger partial charge in [0.2, 0.25) is 0 Å². The number of carboxylic acid groups (broad SMARTS) is 1. The van der Waals surface area contributed by atoms with E-state index in [0.29, 0.717) is 18.6 Å². The second-order valence-corrected chi connectivity index (χ2v) is 5.21. The van der Waals surface area contributed by atoms with Gasteiger partial charge in [0.15, 0.2) is 0 Å². The lowest BCUT2D eigenvalue weighted by Crippen LogP contribution is -2.47. The zero-order chi connectivity index (χ0) is 12.3. The maximum Gasteiger partial charge on any atom is 0.306 e. The quantitative estimate of drug-likeness (QED) is 0.635. The molecular weight excluding hydrogens is 220 g/mol. The summed E-state index contributed by atoms with van der Waals surface area (Å²) in [7, 11) is 0. The van der Waals surface area contributed by atoms with Gasteiger partial charge in [0, 0.05) is 18.6 Å². The molecule has 0 aliphatic carbocycles. The highest BCUT2D eigenvalue weighted by molar-refractivity contribution is 5.67. The summed E-state index contributed by atoms with van der Waals surface area (Å²) >= 11 is 0. The molecule has 2 aliphatic heterocycles. The van der Waals surface area contributed by atoms with Crippen LogP contribution in [0.15, 0.2) is 0 Å². The minimum Gasteiger partial charge on any atom is -0.481 e. The first kappa shape index (κ1) is 12.8. The number of piperidine rings is 1. The third kappa shape index (κ3) is 3.66. The van der Waals surface area contributed by atoms with E-state index < -0.39 is 12.1 Å². The van der Waals surface area contributed by atoms with Gasteiger partial charge in [-0.3, -0.25) is 4.79 Å². The van der Waals surface area contributed by atoms with Crippen molar-refractivity contribution in [1.82, 2.24) is 10.2 Å². The number of carboxylic acids is 1. The van der Waals surface area contributed by atoms with E-state index in [1.54, 1.807) is 0 Å². The fourth-order valence-electron chi connectivity index (χ4n) is 2.99. The van der Waals surface area contributed by atoms with E-state index in [9.17, 15) is 9.90 Å². The van der Waals surface area contributed by atoms with Gasteiger partial charge in [0.25, 0.3) is 0 Å². The number of hydrogen-bond donors (Lipinski definition) is 3. The monoisotopic (exact) mass is 242 g/mol. The number of fused-ring (bicyclic) bond motifs is 1. The molecule has 3 atom stereocenters. The standard InChI is InChI=1S/C12H22N2O3/c15-11(7-12(16)17)8-13-9-3-5-14-4-1-2-10(14)6-9/h9-11,13,15H,1-8H2,(H,16,17). The maximum atomic E-state index is 10.4. The van der Waals surface area contributed by atoms with Gasteiger partial charge in [-0.1, -0.05) is 0 Å². The van der Waals surface area contributed by atoms with Crippen molar-refractivity contribution in [3.63, 3.8) is 0 Å². The summed E-state index contributed by atoms with van der Waals surface area (Å²) in [6.07, 6.45) is 3.90. The second-order valence-electron chi connectivity index (χ2n) is 5.21. The molecule has 0 saturated carbocycles. The van der Waals surface area contributed by atoms with Crippen molar-refractivity contribution in [3.05, 3.63) is 0 Å². The van der Waals surface area contributed by atoms with Crippen molar-refractivity contribution in [2.24, 2.45) is 0 Å². The molecule has 2 rings (SSSR count). The predicted molar refractivity (Wildman–Crippen MR) is 63.9 cm³/mol. The molecule has 2 fully saturated rings. The Morgan fingerprint density at radius 2 is 2.24 bits per heavy atom. The first-order valence-electron chi connectivity index (χ1n) is 6.52. The minimum atomic E-state index is -0.940. The Morgan fingerprint density at radius 1 is 1.41 bits per heavy atom. The average Bonchev–Trinajstić information content (AvgIpc) is 2.72. The van der Waals surface area contributed by atoms with Crippen molar-refractivity contribution >= 4 is 5.97 Å². The van der Waals surface area contributed by atoms with Gasteiger partial charge in [-0.05, 0) is 38.8 Å². The van der Waals surface area contributed by atoms with Crippen LogP contribution in [0.5, 0.6) is 0 Å². The number of nitrogens with zero attached hydrogens (tertiary/aromatic N) is 1. The number of nitrogens with one attached hydrogen (secondary N) is 1. The van der Waals surface area contributed by atoms with Crippen molar-refractivity contribution in [1.29, 1.82) is 0 Å². The van der Waals surface area contributed by atoms with Crippen LogP contribution < -0.4 is 5.32 Å². The normalized spacial score (nSPS) is 31.1. The number of hydrogen-bond acceptors (Lipinski definition) is 4. The lowest BCUT2D eigenvalue weighted by Gasteiger charge is -2.35. The Bertz CT molecular complexity index is 272. The van der Waals surface area contributed by atoms with Crippen molar-refractivity contribution in [2.45, 2.75) is 50.3 Å². The average molecular weight is 242 g/mol. The van der Waals surface area contributed by atoms with Crippen LogP contribution in [0.1, 0.15) is 32.1 Å². The molecule has 0 amide bonds. The highest BCUT2D eigenvalue weighted by Crippen LogP contribution is 2.26. The van der Waals surface area contributed by atoms with Crippen LogP contribution in [0.4, 0.5) is 0 Å². The van der Waals surface area contributed by atoms with Gasteiger partial charge in [0.1, 0.15) is 0 Å². The van der Waals surface area contributed by atoms with Gasteiger partial charge >= 0.3 is 5.97 Å². The molecular formula is C12H22N2O3. The van der Waals surface area contributed by atoms with Crippen LogP contribution in [0.25, 0.3) is 0 Å². The molecule has 2 aliphatic rings. The zero-order valence-electron chi connectivity index (χ0n) is 10.1. The van der Waals surface area contributed by atoms with E-state index in [4.69, 9.17) is 5.11 Å². The molecule has 0 bridgehead atoms. The molecule has 5 heteroatoms. The SMILES string of the molecule is O=C(O)CC(O)CNC1CCN2CCCC2C1. The smallest absolute Gasteiger partial charge is 0.306 e. The molecule has 0 radical (unpaired) electrons. The molecule has 98 valence electrons. The van der Waals surface area contributed by atoms with Crippen LogP contribution in [-0.2, 0) is 4.79 Å². The summed E-state index contributed by atoms with van der Waals surface area (Å²) in [6.45, 7) is 2.76. The Hall–Kier alpha value is -0.650. The van der Waals surface area contributed by atoms with Crippen LogP contribution in [-0.4, -0.2) is 58.9 Å². The zero-order valence-corrected chi connectivity index (χ0v) is 10.1. The third-order valence-electron chi connectivity index (χ3n) is 3.87. The molecule has 0 aromatic rings. The lowest BCUT2D eigenvalue weighted by atomic mass is 9.97. The fraction of sp³-hybridized carbons (Fsp3) is 0.917. The number of aliphatic hydroxyl groups is 1. The number of carbonyl (C=O) groups is 1. The van der Waals surface area contributed by atoms with E-state index in [0.717, 1.165) is 19.4 Å². The van der Waals surface area contributed by atoms with Gasteiger partial charge in [0.05, 0.1) is 12.5 Å². The highest BCUT2D eigenvalue weighted by atomic mass is 16.4. The number of aliphatic hydroxyl groups excluding tert-OH is 1. The molecule has 0 aromatic heterocycles. The van der Waals surface area contributed by atoms with Crippen LogP contribution in [0, 0.1) is 0 Å². The summed E-state index contributed by atoms with van der Waals surface area (Å²) < 4.78 is 0. The third-order valence-corrected chi connectivity index (χ3v) is 3.87. The summed E-state index contributed by atoms with van der Waals surface area (Å²) in [4.78, 5) is 13.0. The van der Waals surface area contributed by atoms with Gasteiger partial charge in [-0.2, -0.15) is 0 Å². The first-order chi connectivity index (χ1) is 8.15. The molecule has 0 spiro atoms. The Morgan fingerprint density at radius 3 is 3.00 bits per heavy atom. The van der Waals surface area contributed by atoms with Gasteiger partial charge in [-0.25, -0.2) is 0 Å². The topological polar surface area (TPSA) is 72.8 Å². The lowest BCUT2D eigenvalue weighted by molar-refractivity contribution is -0.139. The molecule has 3 unspecified atom stereocenters. The van der Waals surface area contributed by atoms with E-state index >= 15 is 0 Å². The molecule has 5 nitrogen and oxygen atoms in total.